The summed E-state index contributed by atoms with van der Waals surface area (Å²) >= 11 is 5.98. The molecule has 3 rings (SSSR count). The molecule has 6 heteroatoms. The second-order valence-electron chi connectivity index (χ2n) is 8.28. The summed E-state index contributed by atoms with van der Waals surface area (Å²) in [6.07, 6.45) is 1.98. The maximum Gasteiger partial charge on any atom is 0.245 e. The molecule has 2 N–H and O–H groups in total. The molecule has 0 saturated carbocycles. The Morgan fingerprint density at radius 1 is 1.07 bits per heavy atom. The molecular weight excluding hydrogens is 400 g/mol. The first-order valence-electron chi connectivity index (χ1n) is 10.4. The van der Waals surface area contributed by atoms with E-state index in [2.05, 4.69) is 17.4 Å². The van der Waals surface area contributed by atoms with E-state index in [-0.39, 0.29) is 29.9 Å². The zero-order valence-electron chi connectivity index (χ0n) is 17.5. The van der Waals surface area contributed by atoms with Gasteiger partial charge in [0, 0.05) is 18.1 Å². The fourth-order valence-corrected chi connectivity index (χ4v) is 4.03. The molecule has 0 spiro atoms. The van der Waals surface area contributed by atoms with E-state index in [1.54, 1.807) is 24.3 Å². The second kappa shape index (κ2) is 9.98. The normalized spacial score (nSPS) is 15.8. The van der Waals surface area contributed by atoms with Crippen molar-refractivity contribution in [2.24, 2.45) is 5.92 Å². The van der Waals surface area contributed by atoms with E-state index < -0.39 is 6.04 Å². The van der Waals surface area contributed by atoms with E-state index in [0.717, 1.165) is 23.4 Å². The Bertz CT molecular complexity index is 857. The number of phenolic OH excluding ortho intramolecular Hbond substituents is 1. The Morgan fingerprint density at radius 3 is 2.23 bits per heavy atom. The van der Waals surface area contributed by atoms with Crippen LogP contribution in [-0.2, 0) is 16.0 Å². The summed E-state index contributed by atoms with van der Waals surface area (Å²) in [5, 5.41) is 13.0. The van der Waals surface area contributed by atoms with Gasteiger partial charge >= 0.3 is 0 Å². The summed E-state index contributed by atoms with van der Waals surface area (Å²) in [6.45, 7) is 5.26. The minimum atomic E-state index is -0.540. The molecular formula is C24H29ClN2O3. The molecule has 2 aromatic carbocycles. The van der Waals surface area contributed by atoms with Crippen LogP contribution in [0.25, 0.3) is 0 Å². The Labute approximate surface area is 183 Å². The number of nitrogens with one attached hydrogen (secondary N) is 1. The van der Waals surface area contributed by atoms with Crippen LogP contribution >= 0.6 is 11.6 Å². The van der Waals surface area contributed by atoms with Gasteiger partial charge in [0.2, 0.25) is 11.8 Å². The largest absolute Gasteiger partial charge is 0.508 e. The number of piperidine rings is 1. The van der Waals surface area contributed by atoms with Gasteiger partial charge in [0.25, 0.3) is 0 Å². The number of amides is 2. The number of halogens is 1. The predicted octanol–water partition coefficient (Wildman–Crippen LogP) is 4.14. The van der Waals surface area contributed by atoms with E-state index in [4.69, 9.17) is 11.6 Å². The first kappa shape index (κ1) is 22.2. The van der Waals surface area contributed by atoms with Crippen LogP contribution in [0.15, 0.2) is 48.5 Å². The van der Waals surface area contributed by atoms with Crippen molar-refractivity contribution >= 4 is 23.4 Å². The second-order valence-corrected chi connectivity index (χ2v) is 8.72. The summed E-state index contributed by atoms with van der Waals surface area (Å²) in [7, 11) is 0. The first-order chi connectivity index (χ1) is 14.3. The van der Waals surface area contributed by atoms with Crippen LogP contribution in [0, 0.1) is 5.92 Å². The van der Waals surface area contributed by atoms with Crippen LogP contribution in [0.1, 0.15) is 43.7 Å². The fourth-order valence-electron chi connectivity index (χ4n) is 3.90. The molecule has 0 aliphatic carbocycles. The van der Waals surface area contributed by atoms with Gasteiger partial charge in [0.1, 0.15) is 11.8 Å². The van der Waals surface area contributed by atoms with Crippen molar-refractivity contribution in [3.05, 3.63) is 64.7 Å². The quantitative estimate of drug-likeness (QED) is 0.726. The van der Waals surface area contributed by atoms with Gasteiger partial charge in [-0.2, -0.15) is 0 Å². The number of likely N-dealkylation sites (tertiary alicyclic amines) is 1. The molecule has 1 atom stereocenters. The van der Waals surface area contributed by atoms with Crippen LogP contribution in [-0.4, -0.2) is 41.0 Å². The van der Waals surface area contributed by atoms with Crippen LogP contribution in [0.3, 0.4) is 0 Å². The molecule has 0 radical (unpaired) electrons. The number of aromatic hydroxyl groups is 1. The number of benzene rings is 2. The zero-order valence-corrected chi connectivity index (χ0v) is 18.2. The smallest absolute Gasteiger partial charge is 0.245 e. The summed E-state index contributed by atoms with van der Waals surface area (Å²) < 4.78 is 0. The SMILES string of the molecule is CC(C)[C@@H](NC(=O)Cc1ccc(O)cc1)C(=O)N1CCC(c2ccc(Cl)cc2)CC1. The van der Waals surface area contributed by atoms with E-state index in [9.17, 15) is 14.7 Å². The molecule has 1 aliphatic rings. The third-order valence-electron chi connectivity index (χ3n) is 5.70. The lowest BCUT2D eigenvalue weighted by atomic mass is 9.89. The number of carbonyl (C=O) groups excluding carboxylic acids is 2. The van der Waals surface area contributed by atoms with Crippen LogP contribution in [0.2, 0.25) is 5.02 Å². The summed E-state index contributed by atoms with van der Waals surface area (Å²) in [5.74, 6) is 0.377. The minimum Gasteiger partial charge on any atom is -0.508 e. The molecule has 1 fully saturated rings. The molecule has 0 unspecified atom stereocenters. The lowest BCUT2D eigenvalue weighted by molar-refractivity contribution is -0.138. The van der Waals surface area contributed by atoms with Crippen molar-refractivity contribution in [3.8, 4) is 5.75 Å². The molecule has 0 aromatic heterocycles. The number of phenols is 1. The molecule has 0 bridgehead atoms. The van der Waals surface area contributed by atoms with Crippen LogP contribution in [0.5, 0.6) is 5.75 Å². The molecule has 2 amide bonds. The lowest BCUT2D eigenvalue weighted by Crippen LogP contribution is -2.53. The predicted molar refractivity (Wildman–Crippen MR) is 119 cm³/mol. The Hall–Kier alpha value is -2.53. The molecule has 1 heterocycles. The number of rotatable bonds is 6. The highest BCUT2D eigenvalue weighted by Gasteiger charge is 2.31. The standard InChI is InChI=1S/C24H29ClN2O3/c1-16(2)23(26-22(29)15-17-3-9-21(28)10-4-17)24(30)27-13-11-19(12-14-27)18-5-7-20(25)8-6-18/h3-10,16,19,23,28H,11-15H2,1-2H3,(H,26,29)/t23-/m1/s1. The molecule has 160 valence electrons. The topological polar surface area (TPSA) is 69.6 Å². The highest BCUT2D eigenvalue weighted by atomic mass is 35.5. The van der Waals surface area contributed by atoms with Gasteiger partial charge in [-0.3, -0.25) is 9.59 Å². The van der Waals surface area contributed by atoms with Gasteiger partial charge in [-0.25, -0.2) is 0 Å². The van der Waals surface area contributed by atoms with E-state index >= 15 is 0 Å². The van der Waals surface area contributed by atoms with Crippen molar-refractivity contribution in [2.75, 3.05) is 13.1 Å². The van der Waals surface area contributed by atoms with Gasteiger partial charge in [-0.05, 0) is 60.1 Å². The van der Waals surface area contributed by atoms with E-state index in [1.165, 1.54) is 5.56 Å². The lowest BCUT2D eigenvalue weighted by Gasteiger charge is -2.35. The third-order valence-corrected chi connectivity index (χ3v) is 5.95. The molecule has 30 heavy (non-hydrogen) atoms. The third kappa shape index (κ3) is 5.76. The molecule has 5 nitrogen and oxygen atoms in total. The highest BCUT2D eigenvalue weighted by Crippen LogP contribution is 2.29. The van der Waals surface area contributed by atoms with Crippen LogP contribution < -0.4 is 5.32 Å². The first-order valence-corrected chi connectivity index (χ1v) is 10.8. The summed E-state index contributed by atoms with van der Waals surface area (Å²) in [4.78, 5) is 27.5. The van der Waals surface area contributed by atoms with Crippen molar-refractivity contribution in [1.82, 2.24) is 10.2 Å². The molecule has 1 aliphatic heterocycles. The summed E-state index contributed by atoms with van der Waals surface area (Å²) in [6, 6.07) is 13.9. The maximum absolute atomic E-state index is 13.1. The van der Waals surface area contributed by atoms with Crippen molar-refractivity contribution < 1.29 is 14.7 Å². The van der Waals surface area contributed by atoms with E-state index in [0.29, 0.717) is 19.0 Å². The zero-order chi connectivity index (χ0) is 21.7. The Kier molecular flexibility index (Phi) is 7.38. The van der Waals surface area contributed by atoms with Gasteiger partial charge in [-0.15, -0.1) is 0 Å². The van der Waals surface area contributed by atoms with Crippen LogP contribution in [0.4, 0.5) is 0 Å². The highest BCUT2D eigenvalue weighted by molar-refractivity contribution is 6.30. The van der Waals surface area contributed by atoms with Gasteiger partial charge in [0.15, 0.2) is 0 Å². The monoisotopic (exact) mass is 428 g/mol. The average Bonchev–Trinajstić information content (AvgIpc) is 2.74. The number of hydrogen-bond acceptors (Lipinski definition) is 3. The van der Waals surface area contributed by atoms with Gasteiger partial charge < -0.3 is 15.3 Å². The molecule has 1 saturated heterocycles. The van der Waals surface area contributed by atoms with Crippen molar-refractivity contribution in [1.29, 1.82) is 0 Å². The van der Waals surface area contributed by atoms with Gasteiger partial charge in [-0.1, -0.05) is 49.7 Å². The maximum atomic E-state index is 13.1. The van der Waals surface area contributed by atoms with E-state index in [1.807, 2.05) is 30.9 Å². The number of hydrogen-bond donors (Lipinski definition) is 2. The Balaban J connectivity index is 1.56. The van der Waals surface area contributed by atoms with Crippen molar-refractivity contribution in [2.45, 2.75) is 45.1 Å². The minimum absolute atomic E-state index is 0.00439. The van der Waals surface area contributed by atoms with Crippen molar-refractivity contribution in [3.63, 3.8) is 0 Å². The number of nitrogens with zero attached hydrogens (tertiary/aromatic N) is 1. The average molecular weight is 429 g/mol. The van der Waals surface area contributed by atoms with Gasteiger partial charge in [0.05, 0.1) is 6.42 Å². The molecule has 2 aromatic rings. The summed E-state index contributed by atoms with van der Waals surface area (Å²) in [5.41, 5.74) is 2.05. The fraction of sp³-hybridized carbons (Fsp3) is 0.417. The Morgan fingerprint density at radius 2 is 1.67 bits per heavy atom. The number of carbonyl (C=O) groups is 2.